The summed E-state index contributed by atoms with van der Waals surface area (Å²) in [6.07, 6.45) is -2.08. The van der Waals surface area contributed by atoms with Gasteiger partial charge in [0.2, 0.25) is 0 Å². The van der Waals surface area contributed by atoms with Gasteiger partial charge in [-0.1, -0.05) is 50.6 Å². The summed E-state index contributed by atoms with van der Waals surface area (Å²) >= 11 is 0. The fraction of sp³-hybridized carbons (Fsp3) is 0.647. The van der Waals surface area contributed by atoms with Crippen molar-refractivity contribution in [1.29, 1.82) is 0 Å². The summed E-state index contributed by atoms with van der Waals surface area (Å²) in [7, 11) is 0. The molecule has 4 heteroatoms. The number of rotatable bonds is 4. The molecule has 1 fully saturated rings. The molecule has 1 aromatic rings. The average molecular weight is 299 g/mol. The van der Waals surface area contributed by atoms with Crippen LogP contribution in [-0.2, 0) is 0 Å². The lowest BCUT2D eigenvalue weighted by Gasteiger charge is -2.35. The van der Waals surface area contributed by atoms with Crippen LogP contribution in [0.25, 0.3) is 0 Å². The van der Waals surface area contributed by atoms with Crippen LogP contribution in [0.3, 0.4) is 0 Å². The van der Waals surface area contributed by atoms with Crippen LogP contribution in [0.2, 0.25) is 0 Å². The third kappa shape index (κ3) is 4.47. The zero-order valence-corrected chi connectivity index (χ0v) is 12.7. The van der Waals surface area contributed by atoms with E-state index in [0.717, 1.165) is 12.0 Å². The van der Waals surface area contributed by atoms with Crippen molar-refractivity contribution in [1.82, 2.24) is 5.32 Å². The molecule has 1 aliphatic carbocycles. The molecule has 1 N–H and O–H groups in total. The third-order valence-corrected chi connectivity index (χ3v) is 4.38. The molecule has 0 aromatic heterocycles. The van der Waals surface area contributed by atoms with E-state index in [1.165, 1.54) is 0 Å². The minimum Gasteiger partial charge on any atom is -0.307 e. The smallest absolute Gasteiger partial charge is 0.307 e. The summed E-state index contributed by atoms with van der Waals surface area (Å²) in [6.45, 7) is 4.21. The lowest BCUT2D eigenvalue weighted by molar-refractivity contribution is -0.184. The maximum atomic E-state index is 12.9. The van der Waals surface area contributed by atoms with Crippen LogP contribution in [0.1, 0.15) is 51.1 Å². The second-order valence-corrected chi connectivity index (χ2v) is 6.40. The second kappa shape index (κ2) is 6.82. The first-order chi connectivity index (χ1) is 9.88. The quantitative estimate of drug-likeness (QED) is 0.816. The number of hydrogen-bond acceptors (Lipinski definition) is 1. The summed E-state index contributed by atoms with van der Waals surface area (Å²) in [5.74, 6) is -0.800. The van der Waals surface area contributed by atoms with Gasteiger partial charge in [-0.05, 0) is 30.7 Å². The molecule has 0 spiro atoms. The number of benzene rings is 1. The fourth-order valence-corrected chi connectivity index (χ4v) is 3.23. The Labute approximate surface area is 124 Å². The van der Waals surface area contributed by atoms with Crippen molar-refractivity contribution in [2.45, 2.75) is 57.8 Å². The summed E-state index contributed by atoms with van der Waals surface area (Å²) in [5.41, 5.74) is 1.15. The van der Waals surface area contributed by atoms with Gasteiger partial charge in [-0.3, -0.25) is 0 Å². The number of nitrogens with one attached hydrogen (secondary N) is 1. The molecular weight excluding hydrogens is 275 g/mol. The highest BCUT2D eigenvalue weighted by Crippen LogP contribution is 2.38. The van der Waals surface area contributed by atoms with Gasteiger partial charge in [-0.15, -0.1) is 0 Å². The van der Waals surface area contributed by atoms with E-state index in [1.807, 2.05) is 30.3 Å². The maximum Gasteiger partial charge on any atom is 0.391 e. The molecule has 0 aliphatic heterocycles. The average Bonchev–Trinajstić information content (AvgIpc) is 2.45. The second-order valence-electron chi connectivity index (χ2n) is 6.40. The van der Waals surface area contributed by atoms with Crippen molar-refractivity contribution in [3.63, 3.8) is 0 Å². The Balaban J connectivity index is 2.04. The highest BCUT2D eigenvalue weighted by Gasteiger charge is 2.42. The molecule has 1 aliphatic rings. The van der Waals surface area contributed by atoms with E-state index in [4.69, 9.17) is 0 Å². The Morgan fingerprint density at radius 3 is 2.33 bits per heavy atom. The van der Waals surface area contributed by atoms with Gasteiger partial charge in [-0.2, -0.15) is 13.2 Å². The largest absolute Gasteiger partial charge is 0.391 e. The van der Waals surface area contributed by atoms with E-state index in [1.54, 1.807) is 0 Å². The zero-order chi connectivity index (χ0) is 15.5. The van der Waals surface area contributed by atoms with Crippen LogP contribution in [0, 0.1) is 11.8 Å². The van der Waals surface area contributed by atoms with E-state index >= 15 is 0 Å². The van der Waals surface area contributed by atoms with Crippen molar-refractivity contribution < 1.29 is 13.2 Å². The molecule has 0 bridgehead atoms. The molecule has 118 valence electrons. The SMILES string of the molecule is CC(C)C(NC1CCCC(C(F)(F)F)C1)c1ccccc1. The number of hydrogen-bond donors (Lipinski definition) is 1. The first-order valence-electron chi connectivity index (χ1n) is 7.75. The molecular formula is C17H24F3N. The molecule has 3 atom stereocenters. The van der Waals surface area contributed by atoms with Gasteiger partial charge in [0.1, 0.15) is 0 Å². The van der Waals surface area contributed by atoms with Gasteiger partial charge in [0.15, 0.2) is 0 Å². The molecule has 0 radical (unpaired) electrons. The van der Waals surface area contributed by atoms with E-state index in [0.29, 0.717) is 12.3 Å². The maximum absolute atomic E-state index is 12.9. The molecule has 1 aromatic carbocycles. The zero-order valence-electron chi connectivity index (χ0n) is 12.7. The lowest BCUT2D eigenvalue weighted by atomic mass is 9.84. The van der Waals surface area contributed by atoms with Gasteiger partial charge < -0.3 is 5.32 Å². The first-order valence-corrected chi connectivity index (χ1v) is 7.75. The molecule has 2 rings (SSSR count). The van der Waals surface area contributed by atoms with Gasteiger partial charge in [-0.25, -0.2) is 0 Å². The Kier molecular flexibility index (Phi) is 5.31. The Bertz CT molecular complexity index is 427. The van der Waals surface area contributed by atoms with Gasteiger partial charge in [0.25, 0.3) is 0 Å². The van der Waals surface area contributed by atoms with Crippen LogP contribution in [0.4, 0.5) is 13.2 Å². The fourth-order valence-electron chi connectivity index (χ4n) is 3.23. The van der Waals surface area contributed by atoms with Gasteiger partial charge >= 0.3 is 6.18 Å². The van der Waals surface area contributed by atoms with Crippen molar-refractivity contribution >= 4 is 0 Å². The van der Waals surface area contributed by atoms with E-state index in [-0.39, 0.29) is 24.9 Å². The molecule has 0 saturated heterocycles. The Morgan fingerprint density at radius 1 is 1.10 bits per heavy atom. The van der Waals surface area contributed by atoms with E-state index in [2.05, 4.69) is 19.2 Å². The predicted octanol–water partition coefficient (Wildman–Crippen LogP) is 5.09. The minimum absolute atomic E-state index is 0.0435. The Hall–Kier alpha value is -1.03. The van der Waals surface area contributed by atoms with Crippen LogP contribution < -0.4 is 5.32 Å². The molecule has 21 heavy (non-hydrogen) atoms. The normalized spacial score (nSPS) is 25.0. The Morgan fingerprint density at radius 2 is 1.76 bits per heavy atom. The summed E-state index contributed by atoms with van der Waals surface area (Å²) < 4.78 is 38.7. The topological polar surface area (TPSA) is 12.0 Å². The van der Waals surface area contributed by atoms with Crippen molar-refractivity contribution in [3.05, 3.63) is 35.9 Å². The van der Waals surface area contributed by atoms with Crippen LogP contribution in [0.15, 0.2) is 30.3 Å². The van der Waals surface area contributed by atoms with Crippen LogP contribution in [-0.4, -0.2) is 12.2 Å². The van der Waals surface area contributed by atoms with Gasteiger partial charge in [0.05, 0.1) is 5.92 Å². The standard InChI is InChI=1S/C17H24F3N/c1-12(2)16(13-7-4-3-5-8-13)21-15-10-6-9-14(11-15)17(18,19)20/h3-5,7-8,12,14-16,21H,6,9-11H2,1-2H3. The highest BCUT2D eigenvalue weighted by atomic mass is 19.4. The first kappa shape index (κ1) is 16.3. The van der Waals surface area contributed by atoms with Crippen molar-refractivity contribution in [2.75, 3.05) is 0 Å². The monoisotopic (exact) mass is 299 g/mol. The molecule has 1 nitrogen and oxygen atoms in total. The lowest BCUT2D eigenvalue weighted by Crippen LogP contribution is -2.41. The van der Waals surface area contributed by atoms with Crippen molar-refractivity contribution in [2.24, 2.45) is 11.8 Å². The predicted molar refractivity (Wildman–Crippen MR) is 79.0 cm³/mol. The molecule has 0 heterocycles. The summed E-state index contributed by atoms with van der Waals surface area (Å²) in [4.78, 5) is 0. The summed E-state index contributed by atoms with van der Waals surface area (Å²) in [6, 6.07) is 10.1. The van der Waals surface area contributed by atoms with Gasteiger partial charge in [0, 0.05) is 12.1 Å². The van der Waals surface area contributed by atoms with Crippen molar-refractivity contribution in [3.8, 4) is 0 Å². The summed E-state index contributed by atoms with van der Waals surface area (Å²) in [5, 5.41) is 3.47. The minimum atomic E-state index is -4.06. The van der Waals surface area contributed by atoms with Crippen LogP contribution in [0.5, 0.6) is 0 Å². The molecule has 3 unspecified atom stereocenters. The number of halogens is 3. The third-order valence-electron chi connectivity index (χ3n) is 4.38. The molecule has 0 amide bonds. The number of alkyl halides is 3. The van der Waals surface area contributed by atoms with E-state index in [9.17, 15) is 13.2 Å². The van der Waals surface area contributed by atoms with Crippen LogP contribution >= 0.6 is 0 Å². The highest BCUT2D eigenvalue weighted by molar-refractivity contribution is 5.19. The molecule has 1 saturated carbocycles. The van der Waals surface area contributed by atoms with E-state index < -0.39 is 12.1 Å².